The van der Waals surface area contributed by atoms with E-state index < -0.39 is 23.4 Å². The number of aliphatic carboxylic acids is 1. The maximum absolute atomic E-state index is 11.3. The number of hydrogen-bond acceptors (Lipinski definition) is 4. The van der Waals surface area contributed by atoms with Crippen molar-refractivity contribution in [3.63, 3.8) is 0 Å². The van der Waals surface area contributed by atoms with Crippen LogP contribution in [0.25, 0.3) is 0 Å². The number of hydrogen-bond donors (Lipinski definition) is 4. The van der Waals surface area contributed by atoms with E-state index in [1.807, 2.05) is 0 Å². The van der Waals surface area contributed by atoms with Crippen molar-refractivity contribution in [3.8, 4) is 0 Å². The largest absolute Gasteiger partial charge is 0.481 e. The summed E-state index contributed by atoms with van der Waals surface area (Å²) in [5, 5.41) is 29.0. The van der Waals surface area contributed by atoms with E-state index in [2.05, 4.69) is 5.32 Å². The minimum absolute atomic E-state index is 0. The van der Waals surface area contributed by atoms with Gasteiger partial charge in [-0.2, -0.15) is 0 Å². The molecule has 0 unspecified atom stereocenters. The van der Waals surface area contributed by atoms with Crippen molar-refractivity contribution in [1.29, 1.82) is 0 Å². The number of rotatable bonds is 6. The molecular weight excluding hydrogens is 257 g/mol. The predicted octanol–water partition coefficient (Wildman–Crippen LogP) is -1.05. The van der Waals surface area contributed by atoms with Gasteiger partial charge in [-0.15, -0.1) is 0 Å². The monoisotopic (exact) mass is 274 g/mol. The zero-order chi connectivity index (χ0) is 12.1. The van der Waals surface area contributed by atoms with E-state index in [0.717, 1.165) is 0 Å². The SMILES string of the molecule is CC(C)(CO)[C@@H](O)C(=O)NCCC(=O)O.[Mn]. The van der Waals surface area contributed by atoms with Crippen molar-refractivity contribution in [2.24, 2.45) is 5.41 Å². The topological polar surface area (TPSA) is 107 Å². The first-order valence-electron chi connectivity index (χ1n) is 4.59. The molecule has 0 bridgehead atoms. The maximum atomic E-state index is 11.3. The Morgan fingerprint density at radius 1 is 1.38 bits per heavy atom. The van der Waals surface area contributed by atoms with Crippen molar-refractivity contribution in [1.82, 2.24) is 5.32 Å². The minimum Gasteiger partial charge on any atom is -0.481 e. The summed E-state index contributed by atoms with van der Waals surface area (Å²) < 4.78 is 0. The van der Waals surface area contributed by atoms with Gasteiger partial charge in [0.25, 0.3) is 0 Å². The first-order chi connectivity index (χ1) is 6.81. The molecule has 0 aromatic carbocycles. The molecule has 0 saturated heterocycles. The van der Waals surface area contributed by atoms with E-state index in [0.29, 0.717) is 0 Å². The van der Waals surface area contributed by atoms with Gasteiger partial charge in [-0.3, -0.25) is 9.59 Å². The third-order valence-electron chi connectivity index (χ3n) is 2.03. The molecular formula is C9H17MnNO5. The third kappa shape index (κ3) is 6.07. The molecule has 4 N–H and O–H groups in total. The Bertz CT molecular complexity index is 244. The van der Waals surface area contributed by atoms with Crippen molar-refractivity contribution in [3.05, 3.63) is 0 Å². The van der Waals surface area contributed by atoms with Gasteiger partial charge >= 0.3 is 5.97 Å². The summed E-state index contributed by atoms with van der Waals surface area (Å²) in [4.78, 5) is 21.4. The number of carboxylic acid groups (broad SMARTS) is 1. The maximum Gasteiger partial charge on any atom is 0.305 e. The van der Waals surface area contributed by atoms with Crippen LogP contribution in [0.15, 0.2) is 0 Å². The van der Waals surface area contributed by atoms with Crippen molar-refractivity contribution < 1.29 is 42.0 Å². The van der Waals surface area contributed by atoms with Gasteiger partial charge in [-0.1, -0.05) is 13.8 Å². The molecule has 0 heterocycles. The number of amides is 1. The summed E-state index contributed by atoms with van der Waals surface area (Å²) in [6, 6.07) is 0. The van der Waals surface area contributed by atoms with Gasteiger partial charge in [0.2, 0.25) is 5.91 Å². The summed E-state index contributed by atoms with van der Waals surface area (Å²) in [7, 11) is 0. The first kappa shape index (κ1) is 17.8. The van der Waals surface area contributed by atoms with Crippen LogP contribution in [0.4, 0.5) is 0 Å². The van der Waals surface area contributed by atoms with E-state index in [9.17, 15) is 14.7 Å². The molecule has 0 aliphatic carbocycles. The third-order valence-corrected chi connectivity index (χ3v) is 2.03. The van der Waals surface area contributed by atoms with Crippen molar-refractivity contribution in [2.45, 2.75) is 26.4 Å². The fourth-order valence-corrected chi connectivity index (χ4v) is 0.831. The number of carbonyl (C=O) groups is 2. The van der Waals surface area contributed by atoms with E-state index >= 15 is 0 Å². The van der Waals surface area contributed by atoms with Crippen LogP contribution in [-0.2, 0) is 26.7 Å². The van der Waals surface area contributed by atoms with Gasteiger partial charge in [0.15, 0.2) is 0 Å². The minimum atomic E-state index is -1.35. The second kappa shape index (κ2) is 7.62. The smallest absolute Gasteiger partial charge is 0.305 e. The number of nitrogens with one attached hydrogen (secondary N) is 1. The van der Waals surface area contributed by atoms with Crippen LogP contribution in [0, 0.1) is 5.41 Å². The fourth-order valence-electron chi connectivity index (χ4n) is 0.831. The van der Waals surface area contributed by atoms with Crippen LogP contribution in [-0.4, -0.2) is 46.5 Å². The molecule has 0 rings (SSSR count). The summed E-state index contributed by atoms with van der Waals surface area (Å²) in [6.45, 7) is 2.70. The molecule has 0 spiro atoms. The van der Waals surface area contributed by atoms with E-state index in [-0.39, 0.29) is 36.6 Å². The molecule has 0 aromatic heterocycles. The van der Waals surface area contributed by atoms with Gasteiger partial charge in [-0.05, 0) is 0 Å². The molecule has 0 saturated carbocycles. The number of aliphatic hydroxyl groups is 2. The summed E-state index contributed by atoms with van der Waals surface area (Å²) in [5.41, 5.74) is -0.937. The van der Waals surface area contributed by atoms with Crippen LogP contribution in [0.1, 0.15) is 20.3 Å². The number of carboxylic acids is 1. The Morgan fingerprint density at radius 2 is 1.88 bits per heavy atom. The van der Waals surface area contributed by atoms with Gasteiger partial charge in [0.1, 0.15) is 6.10 Å². The molecule has 16 heavy (non-hydrogen) atoms. The Balaban J connectivity index is 0. The van der Waals surface area contributed by atoms with Crippen LogP contribution in [0.5, 0.6) is 0 Å². The molecule has 1 amide bonds. The van der Waals surface area contributed by atoms with Crippen LogP contribution >= 0.6 is 0 Å². The molecule has 1 atom stereocenters. The quantitative estimate of drug-likeness (QED) is 0.463. The van der Waals surface area contributed by atoms with Gasteiger partial charge in [-0.25, -0.2) is 0 Å². The summed E-state index contributed by atoms with van der Waals surface area (Å²) in [5.74, 6) is -1.69. The van der Waals surface area contributed by atoms with Crippen LogP contribution < -0.4 is 5.32 Å². The van der Waals surface area contributed by atoms with E-state index in [1.165, 1.54) is 13.8 Å². The Hall–Kier alpha value is -0.621. The van der Waals surface area contributed by atoms with Crippen molar-refractivity contribution in [2.75, 3.05) is 13.2 Å². The van der Waals surface area contributed by atoms with E-state index in [1.54, 1.807) is 0 Å². The molecule has 0 aliphatic rings. The zero-order valence-electron chi connectivity index (χ0n) is 9.23. The Morgan fingerprint density at radius 3 is 2.25 bits per heavy atom. The molecule has 7 heteroatoms. The van der Waals surface area contributed by atoms with Gasteiger partial charge < -0.3 is 20.6 Å². The molecule has 6 nitrogen and oxygen atoms in total. The fraction of sp³-hybridized carbons (Fsp3) is 0.778. The predicted molar refractivity (Wildman–Crippen MR) is 52.1 cm³/mol. The second-order valence-electron chi connectivity index (χ2n) is 3.98. The molecule has 95 valence electrons. The van der Waals surface area contributed by atoms with Crippen molar-refractivity contribution >= 4 is 11.9 Å². The van der Waals surface area contributed by atoms with Gasteiger partial charge in [0.05, 0.1) is 13.0 Å². The Kier molecular flexibility index (Phi) is 8.46. The molecule has 1 radical (unpaired) electrons. The average Bonchev–Trinajstić information content (AvgIpc) is 2.15. The zero-order valence-corrected chi connectivity index (χ0v) is 10.4. The second-order valence-corrected chi connectivity index (χ2v) is 3.98. The van der Waals surface area contributed by atoms with Crippen LogP contribution in [0.2, 0.25) is 0 Å². The average molecular weight is 274 g/mol. The van der Waals surface area contributed by atoms with Gasteiger partial charge in [0, 0.05) is 29.0 Å². The molecule has 0 aliphatic heterocycles. The first-order valence-corrected chi connectivity index (χ1v) is 4.59. The molecule has 0 fully saturated rings. The van der Waals surface area contributed by atoms with E-state index in [4.69, 9.17) is 10.2 Å². The summed E-state index contributed by atoms with van der Waals surface area (Å²) in [6.07, 6.45) is -1.55. The van der Waals surface area contributed by atoms with Crippen LogP contribution in [0.3, 0.4) is 0 Å². The Labute approximate surface area is 105 Å². The number of carbonyl (C=O) groups excluding carboxylic acids is 1. The standard InChI is InChI=1S/C9H17NO5.Mn/c1-9(2,5-11)7(14)8(15)10-4-3-6(12)13;/h7,11,14H,3-5H2,1-2H3,(H,10,15)(H,12,13);/t7-;/m0./s1. The summed E-state index contributed by atoms with van der Waals surface area (Å²) >= 11 is 0. The normalized spacial score (nSPS) is 12.5. The molecule has 0 aromatic rings. The number of aliphatic hydroxyl groups excluding tert-OH is 2.